The van der Waals surface area contributed by atoms with E-state index < -0.39 is 5.60 Å². The molecule has 1 spiro atoms. The third kappa shape index (κ3) is 4.90. The summed E-state index contributed by atoms with van der Waals surface area (Å²) in [5, 5.41) is 7.76. The average Bonchev–Trinajstić information content (AvgIpc) is 3.22. The number of likely N-dealkylation sites (tertiary alicyclic amines) is 1. The number of oxime groups is 1. The molecule has 1 fully saturated rings. The van der Waals surface area contributed by atoms with Crippen LogP contribution in [0.2, 0.25) is 0 Å². The second-order valence-electron chi connectivity index (χ2n) is 7.74. The maximum absolute atomic E-state index is 13.0. The van der Waals surface area contributed by atoms with E-state index in [0.29, 0.717) is 50.2 Å². The van der Waals surface area contributed by atoms with Crippen LogP contribution in [-0.4, -0.2) is 51.9 Å². The highest BCUT2D eigenvalue weighted by Gasteiger charge is 2.44. The topological polar surface area (TPSA) is 83.9 Å². The fraction of sp³-hybridized carbons (Fsp3) is 0.391. The van der Waals surface area contributed by atoms with Gasteiger partial charge in [0.15, 0.2) is 0 Å². The Labute approximate surface area is 186 Å². The number of carbonyl (C=O) groups is 2. The quantitative estimate of drug-likeness (QED) is 0.700. The van der Waals surface area contributed by atoms with Crippen LogP contribution >= 0.6 is 11.8 Å². The highest BCUT2D eigenvalue weighted by Crippen LogP contribution is 2.35. The van der Waals surface area contributed by atoms with Crippen LogP contribution in [0.25, 0.3) is 0 Å². The monoisotopic (exact) mass is 438 g/mol. The first kappa shape index (κ1) is 21.4. The molecule has 0 saturated carbocycles. The number of nitrogens with one attached hydrogen (secondary N) is 1. The van der Waals surface area contributed by atoms with Crippen LogP contribution in [-0.2, 0) is 16.2 Å². The second-order valence-corrected chi connectivity index (χ2v) is 8.99. The van der Waals surface area contributed by atoms with Crippen molar-refractivity contribution in [2.75, 3.05) is 18.8 Å². The zero-order chi connectivity index (χ0) is 21.7. The van der Waals surface area contributed by atoms with Crippen molar-refractivity contribution in [2.45, 2.75) is 43.4 Å². The molecule has 8 heteroatoms. The van der Waals surface area contributed by atoms with Crippen molar-refractivity contribution < 1.29 is 14.4 Å². The number of benzene rings is 1. The van der Waals surface area contributed by atoms with Crippen LogP contribution in [0.4, 0.5) is 0 Å². The minimum absolute atomic E-state index is 0.00126. The molecule has 3 heterocycles. The molecule has 1 N–H and O–H groups in total. The molecule has 7 nitrogen and oxygen atoms in total. The summed E-state index contributed by atoms with van der Waals surface area (Å²) in [5.74, 6) is 0.662. The van der Waals surface area contributed by atoms with Gasteiger partial charge in [-0.2, -0.15) is 0 Å². The Bertz CT molecular complexity index is 972. The number of amides is 2. The molecule has 162 valence electrons. The first-order valence-corrected chi connectivity index (χ1v) is 11.5. The molecule has 2 amide bonds. The lowest BCUT2D eigenvalue weighted by Gasteiger charge is -2.37. The SMILES string of the molecule is CCSc1ncccc1C(=O)N1CCC2(CC1)CC(C(=O)NCc1ccccc1)=NO2. The molecule has 1 aromatic carbocycles. The third-order valence-corrected chi connectivity index (χ3v) is 6.53. The smallest absolute Gasteiger partial charge is 0.269 e. The van der Waals surface area contributed by atoms with Crippen molar-refractivity contribution in [1.82, 2.24) is 15.2 Å². The van der Waals surface area contributed by atoms with E-state index in [2.05, 4.69) is 15.5 Å². The molecule has 2 aliphatic heterocycles. The summed E-state index contributed by atoms with van der Waals surface area (Å²) in [5.41, 5.74) is 1.61. The van der Waals surface area contributed by atoms with Crippen LogP contribution in [0.1, 0.15) is 42.1 Å². The van der Waals surface area contributed by atoms with E-state index in [-0.39, 0.29) is 11.8 Å². The zero-order valence-corrected chi connectivity index (χ0v) is 18.4. The largest absolute Gasteiger partial charge is 0.388 e. The fourth-order valence-electron chi connectivity index (χ4n) is 3.88. The van der Waals surface area contributed by atoms with Gasteiger partial charge in [0.1, 0.15) is 16.3 Å². The van der Waals surface area contributed by atoms with Crippen LogP contribution < -0.4 is 5.32 Å². The Balaban J connectivity index is 1.31. The van der Waals surface area contributed by atoms with Gasteiger partial charge in [-0.25, -0.2) is 4.98 Å². The number of hydrogen-bond acceptors (Lipinski definition) is 6. The van der Waals surface area contributed by atoms with Gasteiger partial charge in [-0.15, -0.1) is 11.8 Å². The minimum Gasteiger partial charge on any atom is -0.388 e. The van der Waals surface area contributed by atoms with E-state index >= 15 is 0 Å². The van der Waals surface area contributed by atoms with E-state index in [1.807, 2.05) is 48.2 Å². The first-order valence-electron chi connectivity index (χ1n) is 10.5. The number of rotatable bonds is 6. The molecule has 1 aromatic heterocycles. The second kappa shape index (κ2) is 9.51. The lowest BCUT2D eigenvalue weighted by molar-refractivity contribution is -0.115. The summed E-state index contributed by atoms with van der Waals surface area (Å²) in [4.78, 5) is 37.5. The van der Waals surface area contributed by atoms with Gasteiger partial charge in [-0.05, 0) is 23.4 Å². The number of aromatic nitrogens is 1. The Morgan fingerprint density at radius 1 is 1.16 bits per heavy atom. The van der Waals surface area contributed by atoms with Crippen LogP contribution in [0.15, 0.2) is 58.8 Å². The molecule has 0 aliphatic carbocycles. The van der Waals surface area contributed by atoms with Crippen LogP contribution in [0.3, 0.4) is 0 Å². The standard InChI is InChI=1S/C23H26N4O3S/c1-2-31-21-18(9-6-12-24-21)22(29)27-13-10-23(11-14-27)15-19(26-30-23)20(28)25-16-17-7-4-3-5-8-17/h3-9,12H,2,10-11,13-16H2,1H3,(H,25,28). The van der Waals surface area contributed by atoms with Gasteiger partial charge >= 0.3 is 0 Å². The first-order chi connectivity index (χ1) is 15.1. The summed E-state index contributed by atoms with van der Waals surface area (Å²) < 4.78 is 0. The molecule has 4 rings (SSSR count). The van der Waals surface area contributed by atoms with Crippen molar-refractivity contribution in [3.63, 3.8) is 0 Å². The maximum atomic E-state index is 13.0. The molecular formula is C23H26N4O3S. The van der Waals surface area contributed by atoms with E-state index in [1.165, 1.54) is 0 Å². The molecule has 0 radical (unpaired) electrons. The van der Waals surface area contributed by atoms with Crippen LogP contribution in [0, 0.1) is 0 Å². The van der Waals surface area contributed by atoms with Crippen molar-refractivity contribution >= 4 is 29.3 Å². The predicted molar refractivity (Wildman–Crippen MR) is 120 cm³/mol. The summed E-state index contributed by atoms with van der Waals surface area (Å²) in [7, 11) is 0. The maximum Gasteiger partial charge on any atom is 0.269 e. The van der Waals surface area contributed by atoms with E-state index in [9.17, 15) is 9.59 Å². The Morgan fingerprint density at radius 3 is 2.68 bits per heavy atom. The Hall–Kier alpha value is -2.87. The van der Waals surface area contributed by atoms with Gasteiger partial charge < -0.3 is 15.1 Å². The zero-order valence-electron chi connectivity index (χ0n) is 17.5. The molecule has 0 bridgehead atoms. The lowest BCUT2D eigenvalue weighted by Crippen LogP contribution is -2.47. The Morgan fingerprint density at radius 2 is 1.94 bits per heavy atom. The molecule has 0 unspecified atom stereocenters. The third-order valence-electron chi connectivity index (χ3n) is 5.64. The minimum atomic E-state index is -0.494. The number of piperidine rings is 1. The molecule has 2 aliphatic rings. The number of thioether (sulfide) groups is 1. The van der Waals surface area contributed by atoms with Gasteiger partial charge in [0.05, 0.1) is 5.56 Å². The normalized spacial score (nSPS) is 17.2. The Kier molecular flexibility index (Phi) is 6.56. The van der Waals surface area contributed by atoms with Gasteiger partial charge in [0, 0.05) is 45.1 Å². The van der Waals surface area contributed by atoms with Crippen molar-refractivity contribution in [2.24, 2.45) is 5.16 Å². The highest BCUT2D eigenvalue weighted by atomic mass is 32.2. The van der Waals surface area contributed by atoms with E-state index in [0.717, 1.165) is 16.3 Å². The summed E-state index contributed by atoms with van der Waals surface area (Å²) in [6.07, 6.45) is 3.48. The molecule has 1 saturated heterocycles. The van der Waals surface area contributed by atoms with Gasteiger partial charge in [0.25, 0.3) is 11.8 Å². The molecular weight excluding hydrogens is 412 g/mol. The molecule has 2 aromatic rings. The van der Waals surface area contributed by atoms with Crippen LogP contribution in [0.5, 0.6) is 0 Å². The summed E-state index contributed by atoms with van der Waals surface area (Å²) >= 11 is 1.57. The molecule has 0 atom stereocenters. The van der Waals surface area contributed by atoms with Gasteiger partial charge in [-0.3, -0.25) is 9.59 Å². The van der Waals surface area contributed by atoms with Crippen molar-refractivity contribution in [3.05, 3.63) is 59.8 Å². The fourth-order valence-corrected chi connectivity index (χ4v) is 4.60. The number of nitrogens with zero attached hydrogens (tertiary/aromatic N) is 3. The molecule has 31 heavy (non-hydrogen) atoms. The average molecular weight is 439 g/mol. The van der Waals surface area contributed by atoms with Crippen molar-refractivity contribution in [1.29, 1.82) is 0 Å². The van der Waals surface area contributed by atoms with E-state index in [4.69, 9.17) is 4.84 Å². The summed E-state index contributed by atoms with van der Waals surface area (Å²) in [6.45, 7) is 3.64. The van der Waals surface area contributed by atoms with E-state index in [1.54, 1.807) is 24.0 Å². The predicted octanol–water partition coefficient (Wildman–Crippen LogP) is 3.26. The summed E-state index contributed by atoms with van der Waals surface area (Å²) in [6, 6.07) is 13.4. The van der Waals surface area contributed by atoms with Gasteiger partial charge in [0.2, 0.25) is 0 Å². The number of hydrogen-bond donors (Lipinski definition) is 1. The highest BCUT2D eigenvalue weighted by molar-refractivity contribution is 7.99. The number of pyridine rings is 1. The lowest BCUT2D eigenvalue weighted by atomic mass is 9.86. The van der Waals surface area contributed by atoms with Gasteiger partial charge in [-0.1, -0.05) is 42.4 Å². The van der Waals surface area contributed by atoms with Crippen molar-refractivity contribution in [3.8, 4) is 0 Å². The number of carbonyl (C=O) groups excluding carboxylic acids is 2.